The van der Waals surface area contributed by atoms with Gasteiger partial charge in [-0.3, -0.25) is 9.36 Å². The smallest absolute Gasteiger partial charge is 0.420 e. The van der Waals surface area contributed by atoms with E-state index in [1.165, 1.54) is 18.8 Å². The highest BCUT2D eigenvalue weighted by molar-refractivity contribution is 5.97. The maximum Gasteiger partial charge on any atom is 0.420 e. The van der Waals surface area contributed by atoms with Crippen LogP contribution in [-0.4, -0.2) is 24.6 Å². The predicted molar refractivity (Wildman–Crippen MR) is 84.4 cm³/mol. The Hall–Kier alpha value is -3.02. The Morgan fingerprint density at radius 1 is 1.09 bits per heavy atom. The summed E-state index contributed by atoms with van der Waals surface area (Å²) in [7, 11) is 3.06. The van der Waals surface area contributed by atoms with E-state index in [-0.39, 0.29) is 12.3 Å². The standard InChI is InChI=1S/C17H15NO5/c1-21-12-5-3-4-11(8-12)15(19)10-18-14-9-13(22-2)6-7-16(14)23-17(18)20/h3-9H,10H2,1-2H3. The highest BCUT2D eigenvalue weighted by atomic mass is 16.5. The molecule has 23 heavy (non-hydrogen) atoms. The van der Waals surface area contributed by atoms with Crippen LogP contribution in [0.3, 0.4) is 0 Å². The van der Waals surface area contributed by atoms with E-state index in [4.69, 9.17) is 13.9 Å². The fraction of sp³-hybridized carbons (Fsp3) is 0.176. The Bertz CT molecular complexity index is 922. The molecule has 1 heterocycles. The predicted octanol–water partition coefficient (Wildman–Crippen LogP) is 2.49. The molecule has 0 bridgehead atoms. The third-order valence-corrected chi connectivity index (χ3v) is 3.57. The zero-order valence-electron chi connectivity index (χ0n) is 12.7. The molecule has 0 aliphatic heterocycles. The van der Waals surface area contributed by atoms with Gasteiger partial charge in [0.1, 0.15) is 11.5 Å². The zero-order valence-corrected chi connectivity index (χ0v) is 12.7. The Balaban J connectivity index is 1.98. The summed E-state index contributed by atoms with van der Waals surface area (Å²) >= 11 is 0. The van der Waals surface area contributed by atoms with Crippen molar-refractivity contribution in [3.8, 4) is 11.5 Å². The van der Waals surface area contributed by atoms with Crippen molar-refractivity contribution >= 4 is 16.9 Å². The summed E-state index contributed by atoms with van der Waals surface area (Å²) in [5.41, 5.74) is 1.40. The van der Waals surface area contributed by atoms with Crippen LogP contribution in [0, 0.1) is 0 Å². The molecule has 3 aromatic rings. The van der Waals surface area contributed by atoms with Gasteiger partial charge in [-0.15, -0.1) is 0 Å². The van der Waals surface area contributed by atoms with Crippen molar-refractivity contribution in [3.63, 3.8) is 0 Å². The second-order valence-corrected chi connectivity index (χ2v) is 4.94. The normalized spacial score (nSPS) is 10.7. The van der Waals surface area contributed by atoms with E-state index in [1.807, 2.05) is 0 Å². The molecule has 0 radical (unpaired) electrons. The number of carbonyl (C=O) groups is 1. The van der Waals surface area contributed by atoms with Gasteiger partial charge in [0.15, 0.2) is 11.4 Å². The minimum atomic E-state index is -0.579. The number of rotatable bonds is 5. The average Bonchev–Trinajstić information content (AvgIpc) is 2.89. The molecule has 2 aromatic carbocycles. The fourth-order valence-corrected chi connectivity index (χ4v) is 2.35. The zero-order chi connectivity index (χ0) is 16.4. The van der Waals surface area contributed by atoms with Crippen LogP contribution in [0.25, 0.3) is 11.1 Å². The van der Waals surface area contributed by atoms with Crippen molar-refractivity contribution in [2.75, 3.05) is 14.2 Å². The van der Waals surface area contributed by atoms with E-state index in [0.717, 1.165) is 0 Å². The summed E-state index contributed by atoms with van der Waals surface area (Å²) in [6, 6.07) is 11.8. The number of aromatic nitrogens is 1. The van der Waals surface area contributed by atoms with Crippen molar-refractivity contribution in [1.82, 2.24) is 4.57 Å². The van der Waals surface area contributed by atoms with Crippen LogP contribution in [-0.2, 0) is 6.54 Å². The molecule has 0 amide bonds. The van der Waals surface area contributed by atoms with Gasteiger partial charge >= 0.3 is 5.76 Å². The van der Waals surface area contributed by atoms with Gasteiger partial charge in [-0.25, -0.2) is 4.79 Å². The maximum absolute atomic E-state index is 12.4. The lowest BCUT2D eigenvalue weighted by Crippen LogP contribution is -2.20. The van der Waals surface area contributed by atoms with Crippen molar-refractivity contribution in [2.24, 2.45) is 0 Å². The topological polar surface area (TPSA) is 70.7 Å². The molecule has 0 fully saturated rings. The Kier molecular flexibility index (Phi) is 3.89. The minimum Gasteiger partial charge on any atom is -0.497 e. The van der Waals surface area contributed by atoms with Crippen molar-refractivity contribution in [1.29, 1.82) is 0 Å². The number of hydrogen-bond acceptors (Lipinski definition) is 5. The van der Waals surface area contributed by atoms with Gasteiger partial charge in [0.2, 0.25) is 0 Å². The Morgan fingerprint density at radius 3 is 2.57 bits per heavy atom. The monoisotopic (exact) mass is 313 g/mol. The van der Waals surface area contributed by atoms with Crippen molar-refractivity contribution in [3.05, 3.63) is 58.6 Å². The number of Topliss-reactive ketones (excluding diaryl/α,β-unsaturated/α-hetero) is 1. The molecule has 1 aromatic heterocycles. The molecule has 0 aliphatic rings. The van der Waals surface area contributed by atoms with Gasteiger partial charge in [-0.2, -0.15) is 0 Å². The lowest BCUT2D eigenvalue weighted by molar-refractivity contribution is 0.0970. The molecular formula is C17H15NO5. The van der Waals surface area contributed by atoms with Crippen LogP contribution in [0.5, 0.6) is 11.5 Å². The first kappa shape index (κ1) is 14.9. The van der Waals surface area contributed by atoms with Gasteiger partial charge in [-0.1, -0.05) is 12.1 Å². The molecule has 0 aliphatic carbocycles. The maximum atomic E-state index is 12.4. The van der Waals surface area contributed by atoms with E-state index in [2.05, 4.69) is 0 Å². The van der Waals surface area contributed by atoms with Gasteiger partial charge in [-0.05, 0) is 24.3 Å². The highest BCUT2D eigenvalue weighted by Gasteiger charge is 2.15. The minimum absolute atomic E-state index is 0.119. The molecule has 118 valence electrons. The number of oxazole rings is 1. The number of fused-ring (bicyclic) bond motifs is 1. The molecule has 6 heteroatoms. The van der Waals surface area contributed by atoms with Gasteiger partial charge in [0.05, 0.1) is 26.3 Å². The van der Waals surface area contributed by atoms with Crippen LogP contribution in [0.2, 0.25) is 0 Å². The summed E-state index contributed by atoms with van der Waals surface area (Å²) in [5.74, 6) is 0.379. The molecule has 0 saturated heterocycles. The van der Waals surface area contributed by atoms with E-state index in [0.29, 0.717) is 28.2 Å². The summed E-state index contributed by atoms with van der Waals surface area (Å²) in [6.07, 6.45) is 0. The first-order valence-electron chi connectivity index (χ1n) is 6.97. The largest absolute Gasteiger partial charge is 0.497 e. The van der Waals surface area contributed by atoms with E-state index < -0.39 is 5.76 Å². The number of benzene rings is 2. The first-order valence-corrected chi connectivity index (χ1v) is 6.97. The molecule has 6 nitrogen and oxygen atoms in total. The molecular weight excluding hydrogens is 298 g/mol. The molecule has 0 saturated carbocycles. The number of ketones is 1. The third kappa shape index (κ3) is 2.83. The van der Waals surface area contributed by atoms with Crippen LogP contribution in [0.1, 0.15) is 10.4 Å². The van der Waals surface area contributed by atoms with E-state index in [1.54, 1.807) is 42.5 Å². The number of hydrogen-bond donors (Lipinski definition) is 0. The second kappa shape index (κ2) is 6.00. The number of methoxy groups -OCH3 is 2. The van der Waals surface area contributed by atoms with Gasteiger partial charge in [0.25, 0.3) is 0 Å². The molecule has 0 spiro atoms. The van der Waals surface area contributed by atoms with Crippen LogP contribution < -0.4 is 15.2 Å². The summed E-state index contributed by atoms with van der Waals surface area (Å²) in [4.78, 5) is 24.4. The van der Waals surface area contributed by atoms with Crippen molar-refractivity contribution < 1.29 is 18.7 Å². The summed E-state index contributed by atoms with van der Waals surface area (Å²) < 4.78 is 16.7. The van der Waals surface area contributed by atoms with Crippen LogP contribution >= 0.6 is 0 Å². The van der Waals surface area contributed by atoms with E-state index >= 15 is 0 Å². The number of ether oxygens (including phenoxy) is 2. The SMILES string of the molecule is COc1cccc(C(=O)Cn2c(=O)oc3ccc(OC)cc32)c1. The molecule has 0 N–H and O–H groups in total. The highest BCUT2D eigenvalue weighted by Crippen LogP contribution is 2.20. The Labute approximate surface area is 131 Å². The number of nitrogens with zero attached hydrogens (tertiary/aromatic N) is 1. The molecule has 0 atom stereocenters. The Morgan fingerprint density at radius 2 is 1.83 bits per heavy atom. The molecule has 0 unspecified atom stereocenters. The summed E-state index contributed by atoms with van der Waals surface area (Å²) in [6.45, 7) is -0.119. The quantitative estimate of drug-likeness (QED) is 0.677. The van der Waals surface area contributed by atoms with Gasteiger partial charge in [0, 0.05) is 11.6 Å². The first-order chi connectivity index (χ1) is 11.1. The summed E-state index contributed by atoms with van der Waals surface area (Å²) in [5, 5.41) is 0. The fourth-order valence-electron chi connectivity index (χ4n) is 2.35. The van der Waals surface area contributed by atoms with E-state index in [9.17, 15) is 9.59 Å². The third-order valence-electron chi connectivity index (χ3n) is 3.57. The number of carbonyl (C=O) groups excluding carboxylic acids is 1. The lowest BCUT2D eigenvalue weighted by atomic mass is 10.1. The van der Waals surface area contributed by atoms with Crippen molar-refractivity contribution in [2.45, 2.75) is 6.54 Å². The van der Waals surface area contributed by atoms with Crippen LogP contribution in [0.15, 0.2) is 51.7 Å². The molecule has 3 rings (SSSR count). The van der Waals surface area contributed by atoms with Gasteiger partial charge < -0.3 is 13.9 Å². The van der Waals surface area contributed by atoms with Crippen LogP contribution in [0.4, 0.5) is 0 Å². The second-order valence-electron chi connectivity index (χ2n) is 4.94. The average molecular weight is 313 g/mol. The lowest BCUT2D eigenvalue weighted by Gasteiger charge is -2.05.